The van der Waals surface area contributed by atoms with E-state index in [4.69, 9.17) is 16.3 Å². The molecule has 0 aliphatic rings. The summed E-state index contributed by atoms with van der Waals surface area (Å²) in [5.74, 6) is -0.345. The van der Waals surface area contributed by atoms with Gasteiger partial charge in [-0.2, -0.15) is 0 Å². The number of hydrogen-bond acceptors (Lipinski definition) is 6. The zero-order valence-electron chi connectivity index (χ0n) is 15.4. The summed E-state index contributed by atoms with van der Waals surface area (Å²) in [7, 11) is 0. The number of hydrogen-bond donors (Lipinski definition) is 1. The summed E-state index contributed by atoms with van der Waals surface area (Å²) < 4.78 is 4.24. The Hall–Kier alpha value is -1.83. The lowest BCUT2D eigenvalue weighted by molar-refractivity contribution is -0.145. The number of ether oxygens (including phenoxy) is 1. The van der Waals surface area contributed by atoms with Gasteiger partial charge in [0, 0.05) is 15.5 Å². The van der Waals surface area contributed by atoms with Crippen LogP contribution in [0.15, 0.2) is 34.2 Å². The second-order valence-corrected chi connectivity index (χ2v) is 9.68. The number of nitrogens with zero attached hydrogens (tertiary/aromatic N) is 1. The van der Waals surface area contributed by atoms with Crippen molar-refractivity contribution in [3.05, 3.63) is 44.5 Å². The second kappa shape index (κ2) is 7.66. The number of carbonyl (C=O) groups is 1. The second-order valence-electron chi connectivity index (χ2n) is 6.42. The van der Waals surface area contributed by atoms with Crippen LogP contribution in [-0.2, 0) is 9.53 Å². The van der Waals surface area contributed by atoms with Gasteiger partial charge in [-0.25, -0.2) is 4.98 Å². The van der Waals surface area contributed by atoms with Crippen LogP contribution < -0.4 is 5.56 Å². The standard InChI is InChI=1S/C19H19ClN2O3S2/c1-5-25-17(24)19(3,4)27-18-21-15(23)14-13(10(2)26-16(14)22-18)11-6-8-12(20)9-7-11/h6-9H,5H2,1-4H3,(H,21,22,23). The Morgan fingerprint density at radius 3 is 2.63 bits per heavy atom. The van der Waals surface area contributed by atoms with Crippen molar-refractivity contribution >= 4 is 50.9 Å². The van der Waals surface area contributed by atoms with Crippen molar-refractivity contribution in [1.29, 1.82) is 0 Å². The number of nitrogens with one attached hydrogen (secondary N) is 1. The molecule has 0 atom stereocenters. The number of H-pyrrole nitrogens is 1. The summed E-state index contributed by atoms with van der Waals surface area (Å²) >= 11 is 8.62. The van der Waals surface area contributed by atoms with E-state index in [0.717, 1.165) is 16.0 Å². The molecule has 0 radical (unpaired) electrons. The molecule has 3 aromatic rings. The number of fused-ring (bicyclic) bond motifs is 1. The number of halogens is 1. The molecule has 0 unspecified atom stereocenters. The van der Waals surface area contributed by atoms with Gasteiger partial charge in [-0.15, -0.1) is 11.3 Å². The molecule has 142 valence electrons. The highest BCUT2D eigenvalue weighted by molar-refractivity contribution is 8.01. The molecule has 0 aliphatic carbocycles. The van der Waals surface area contributed by atoms with Crippen molar-refractivity contribution in [2.24, 2.45) is 0 Å². The van der Waals surface area contributed by atoms with Crippen LogP contribution in [0.25, 0.3) is 21.3 Å². The smallest absolute Gasteiger partial charge is 0.322 e. The molecule has 2 aromatic heterocycles. The highest BCUT2D eigenvalue weighted by Crippen LogP contribution is 2.38. The Labute approximate surface area is 170 Å². The number of thioether (sulfide) groups is 1. The average Bonchev–Trinajstić information content (AvgIpc) is 2.92. The minimum Gasteiger partial charge on any atom is -0.465 e. The van der Waals surface area contributed by atoms with Crippen LogP contribution in [0, 0.1) is 6.92 Å². The van der Waals surface area contributed by atoms with Crippen LogP contribution in [0.5, 0.6) is 0 Å². The number of aryl methyl sites for hydroxylation is 1. The number of rotatable bonds is 5. The largest absolute Gasteiger partial charge is 0.465 e. The molecule has 0 fully saturated rings. The van der Waals surface area contributed by atoms with Gasteiger partial charge in [0.05, 0.1) is 12.0 Å². The molecule has 0 saturated heterocycles. The Morgan fingerprint density at radius 1 is 1.33 bits per heavy atom. The average molecular weight is 423 g/mol. The first-order valence-corrected chi connectivity index (χ1v) is 10.4. The highest BCUT2D eigenvalue weighted by atomic mass is 35.5. The van der Waals surface area contributed by atoms with E-state index in [0.29, 0.717) is 27.0 Å². The maximum Gasteiger partial charge on any atom is 0.322 e. The van der Waals surface area contributed by atoms with E-state index in [1.54, 1.807) is 32.9 Å². The summed E-state index contributed by atoms with van der Waals surface area (Å²) in [6.07, 6.45) is 0. The maximum atomic E-state index is 12.8. The normalized spacial score (nSPS) is 11.7. The van der Waals surface area contributed by atoms with Gasteiger partial charge in [-0.3, -0.25) is 9.59 Å². The third-order valence-electron chi connectivity index (χ3n) is 3.97. The van der Waals surface area contributed by atoms with Gasteiger partial charge in [0.2, 0.25) is 0 Å². The predicted octanol–water partition coefficient (Wildman–Crippen LogP) is 5.05. The Kier molecular flexibility index (Phi) is 5.65. The van der Waals surface area contributed by atoms with Gasteiger partial charge in [0.1, 0.15) is 9.58 Å². The molecule has 5 nitrogen and oxygen atoms in total. The van der Waals surface area contributed by atoms with E-state index < -0.39 is 4.75 Å². The van der Waals surface area contributed by atoms with E-state index in [-0.39, 0.29) is 11.5 Å². The van der Waals surface area contributed by atoms with E-state index >= 15 is 0 Å². The van der Waals surface area contributed by atoms with E-state index in [9.17, 15) is 9.59 Å². The minimum absolute atomic E-state index is 0.226. The molecule has 27 heavy (non-hydrogen) atoms. The van der Waals surface area contributed by atoms with Crippen molar-refractivity contribution in [3.8, 4) is 11.1 Å². The topological polar surface area (TPSA) is 72.0 Å². The first kappa shape index (κ1) is 19.9. The number of carbonyl (C=O) groups excluding carboxylic acids is 1. The van der Waals surface area contributed by atoms with Crippen molar-refractivity contribution in [1.82, 2.24) is 9.97 Å². The number of aromatic nitrogens is 2. The van der Waals surface area contributed by atoms with Crippen molar-refractivity contribution < 1.29 is 9.53 Å². The Bertz CT molecular complexity index is 1060. The Balaban J connectivity index is 2.05. The summed E-state index contributed by atoms with van der Waals surface area (Å²) in [6, 6.07) is 7.38. The van der Waals surface area contributed by atoms with Crippen LogP contribution in [0.4, 0.5) is 0 Å². The van der Waals surface area contributed by atoms with Crippen LogP contribution in [0.3, 0.4) is 0 Å². The van der Waals surface area contributed by atoms with Crippen molar-refractivity contribution in [2.75, 3.05) is 6.61 Å². The number of thiophene rings is 1. The molecule has 1 aromatic carbocycles. The Morgan fingerprint density at radius 2 is 2.00 bits per heavy atom. The number of benzene rings is 1. The van der Waals surface area contributed by atoms with Gasteiger partial charge < -0.3 is 9.72 Å². The van der Waals surface area contributed by atoms with Gasteiger partial charge >= 0.3 is 5.97 Å². The van der Waals surface area contributed by atoms with Crippen LogP contribution in [0.1, 0.15) is 25.6 Å². The molecule has 8 heteroatoms. The monoisotopic (exact) mass is 422 g/mol. The molecule has 0 bridgehead atoms. The van der Waals surface area contributed by atoms with Crippen molar-refractivity contribution in [3.63, 3.8) is 0 Å². The quantitative estimate of drug-likeness (QED) is 0.354. The highest BCUT2D eigenvalue weighted by Gasteiger charge is 2.32. The van der Waals surface area contributed by atoms with Gasteiger partial charge in [0.15, 0.2) is 5.16 Å². The number of esters is 1. The van der Waals surface area contributed by atoms with E-state index in [1.165, 1.54) is 23.1 Å². The molecule has 0 spiro atoms. The third kappa shape index (κ3) is 4.05. The van der Waals surface area contributed by atoms with E-state index in [1.807, 2.05) is 19.1 Å². The molecule has 0 amide bonds. The lowest BCUT2D eigenvalue weighted by Crippen LogP contribution is -2.30. The molecule has 3 rings (SSSR count). The fourth-order valence-corrected chi connectivity index (χ4v) is 4.84. The zero-order valence-corrected chi connectivity index (χ0v) is 17.8. The first-order valence-electron chi connectivity index (χ1n) is 8.38. The molecule has 0 aliphatic heterocycles. The summed E-state index contributed by atoms with van der Waals surface area (Å²) in [5, 5.41) is 1.59. The van der Waals surface area contributed by atoms with Crippen LogP contribution in [0.2, 0.25) is 5.02 Å². The minimum atomic E-state index is -0.856. The molecular weight excluding hydrogens is 404 g/mol. The van der Waals surface area contributed by atoms with Gasteiger partial charge in [-0.1, -0.05) is 35.5 Å². The molecule has 0 saturated carbocycles. The van der Waals surface area contributed by atoms with Gasteiger partial charge in [0.25, 0.3) is 5.56 Å². The molecule has 1 N–H and O–H groups in total. The summed E-state index contributed by atoms with van der Waals surface area (Å²) in [4.78, 5) is 34.0. The van der Waals surface area contributed by atoms with Gasteiger partial charge in [-0.05, 0) is 45.4 Å². The summed E-state index contributed by atoms with van der Waals surface area (Å²) in [6.45, 7) is 7.53. The molecular formula is C19H19ClN2O3S2. The fourth-order valence-electron chi connectivity index (χ4n) is 2.70. The summed E-state index contributed by atoms with van der Waals surface area (Å²) in [5.41, 5.74) is 1.56. The maximum absolute atomic E-state index is 12.8. The number of aromatic amines is 1. The predicted molar refractivity (Wildman–Crippen MR) is 112 cm³/mol. The lowest BCUT2D eigenvalue weighted by Gasteiger charge is -2.20. The van der Waals surface area contributed by atoms with Crippen molar-refractivity contribution in [2.45, 2.75) is 37.6 Å². The molecule has 2 heterocycles. The van der Waals surface area contributed by atoms with E-state index in [2.05, 4.69) is 9.97 Å². The lowest BCUT2D eigenvalue weighted by atomic mass is 10.0. The van der Waals surface area contributed by atoms with Crippen LogP contribution >= 0.6 is 34.7 Å². The van der Waals surface area contributed by atoms with Crippen LogP contribution in [-0.4, -0.2) is 27.3 Å². The zero-order chi connectivity index (χ0) is 19.8. The first-order chi connectivity index (χ1) is 12.7. The SMILES string of the molecule is CCOC(=O)C(C)(C)Sc1nc2sc(C)c(-c3ccc(Cl)cc3)c2c(=O)[nH]1. The fraction of sp³-hybridized carbons (Fsp3) is 0.316. The third-order valence-corrected chi connectivity index (χ3v) is 6.28.